The molecule has 126 valence electrons. The number of anilines is 1. The number of halogens is 2. The summed E-state index contributed by atoms with van der Waals surface area (Å²) in [5, 5.41) is 3.64. The maximum absolute atomic E-state index is 12.0. The summed E-state index contributed by atoms with van der Waals surface area (Å²) in [6.45, 7) is 1.72. The Labute approximate surface area is 149 Å². The number of hydrogen-bond acceptors (Lipinski definition) is 3. The molecule has 0 radical (unpaired) electrons. The topological polar surface area (TPSA) is 81.4 Å². The first kappa shape index (κ1) is 18.1. The molecule has 0 aliphatic carbocycles. The molecule has 0 heterocycles. The van der Waals surface area contributed by atoms with Crippen molar-refractivity contribution >= 4 is 40.9 Å². The second kappa shape index (κ2) is 8.04. The van der Waals surface area contributed by atoms with E-state index in [2.05, 4.69) is 5.32 Å². The Morgan fingerprint density at radius 3 is 2.25 bits per heavy atom. The minimum absolute atomic E-state index is 0.329. The maximum atomic E-state index is 12.0. The molecule has 0 aliphatic heterocycles. The van der Waals surface area contributed by atoms with Crippen molar-refractivity contribution in [1.29, 1.82) is 0 Å². The third-order valence-corrected chi connectivity index (χ3v) is 4.07. The fraction of sp³-hybridized carbons (Fsp3) is 0.176. The maximum Gasteiger partial charge on any atom is 0.405 e. The van der Waals surface area contributed by atoms with Crippen LogP contribution in [0.15, 0.2) is 42.5 Å². The normalized spacial score (nSPS) is 11.6. The molecule has 2 amide bonds. The minimum Gasteiger partial charge on any atom is -0.436 e. The van der Waals surface area contributed by atoms with Gasteiger partial charge in [0.15, 0.2) is 6.10 Å². The van der Waals surface area contributed by atoms with E-state index in [0.717, 1.165) is 11.1 Å². The lowest BCUT2D eigenvalue weighted by atomic mass is 10.1. The lowest BCUT2D eigenvalue weighted by molar-refractivity contribution is -0.124. The van der Waals surface area contributed by atoms with Gasteiger partial charge in [0.05, 0.1) is 10.0 Å². The molecule has 0 spiro atoms. The number of hydrogen-bond donors (Lipinski definition) is 2. The highest BCUT2D eigenvalue weighted by molar-refractivity contribution is 6.42. The molecule has 2 rings (SSSR count). The molecule has 5 nitrogen and oxygen atoms in total. The van der Waals surface area contributed by atoms with Gasteiger partial charge in [-0.25, -0.2) is 4.79 Å². The van der Waals surface area contributed by atoms with Crippen molar-refractivity contribution in [1.82, 2.24) is 0 Å². The van der Waals surface area contributed by atoms with Crippen LogP contribution in [0, 0.1) is 0 Å². The quantitative estimate of drug-likeness (QED) is 0.818. The molecule has 0 saturated heterocycles. The smallest absolute Gasteiger partial charge is 0.405 e. The molecule has 0 fully saturated rings. The SMILES string of the molecule is CC[C@H](OC(N)=O)C(=O)Nc1ccc(-c2ccc(Cl)c(Cl)c2)cc1. The molecule has 0 bridgehead atoms. The van der Waals surface area contributed by atoms with Crippen LogP contribution in [0.25, 0.3) is 11.1 Å². The molecule has 1 atom stereocenters. The predicted molar refractivity (Wildman–Crippen MR) is 95.3 cm³/mol. The van der Waals surface area contributed by atoms with Gasteiger partial charge in [0.1, 0.15) is 0 Å². The summed E-state index contributed by atoms with van der Waals surface area (Å²) in [7, 11) is 0. The third kappa shape index (κ3) is 4.63. The van der Waals surface area contributed by atoms with Crippen LogP contribution in [-0.2, 0) is 9.53 Å². The Morgan fingerprint density at radius 1 is 1.08 bits per heavy atom. The van der Waals surface area contributed by atoms with Crippen molar-refractivity contribution in [3.05, 3.63) is 52.5 Å². The van der Waals surface area contributed by atoms with E-state index in [1.54, 1.807) is 31.2 Å². The highest BCUT2D eigenvalue weighted by atomic mass is 35.5. The van der Waals surface area contributed by atoms with E-state index in [0.29, 0.717) is 22.2 Å². The van der Waals surface area contributed by atoms with Gasteiger partial charge in [0.25, 0.3) is 5.91 Å². The van der Waals surface area contributed by atoms with Crippen molar-refractivity contribution in [2.24, 2.45) is 5.73 Å². The molecule has 0 saturated carbocycles. The first-order valence-corrected chi connectivity index (χ1v) is 7.98. The highest BCUT2D eigenvalue weighted by Crippen LogP contribution is 2.29. The highest BCUT2D eigenvalue weighted by Gasteiger charge is 2.19. The molecule has 24 heavy (non-hydrogen) atoms. The zero-order valence-electron chi connectivity index (χ0n) is 12.9. The van der Waals surface area contributed by atoms with Gasteiger partial charge in [-0.3, -0.25) is 4.79 Å². The molecular weight excluding hydrogens is 351 g/mol. The summed E-state index contributed by atoms with van der Waals surface area (Å²) in [5.41, 5.74) is 7.36. The number of rotatable bonds is 5. The van der Waals surface area contributed by atoms with E-state index >= 15 is 0 Å². The van der Waals surface area contributed by atoms with Crippen LogP contribution in [-0.4, -0.2) is 18.1 Å². The summed E-state index contributed by atoms with van der Waals surface area (Å²) in [5.74, 6) is -0.432. The zero-order valence-corrected chi connectivity index (χ0v) is 14.4. The minimum atomic E-state index is -0.980. The lowest BCUT2D eigenvalue weighted by Crippen LogP contribution is -2.33. The van der Waals surface area contributed by atoms with Crippen LogP contribution in [0.4, 0.5) is 10.5 Å². The number of primary amides is 1. The van der Waals surface area contributed by atoms with Crippen LogP contribution in [0.2, 0.25) is 10.0 Å². The number of amides is 2. The van der Waals surface area contributed by atoms with E-state index < -0.39 is 18.1 Å². The first-order chi connectivity index (χ1) is 11.4. The van der Waals surface area contributed by atoms with Crippen molar-refractivity contribution in [2.75, 3.05) is 5.32 Å². The predicted octanol–water partition coefficient (Wildman–Crippen LogP) is 4.47. The molecule has 3 N–H and O–H groups in total. The van der Waals surface area contributed by atoms with Gasteiger partial charge < -0.3 is 15.8 Å². The second-order valence-corrected chi connectivity index (χ2v) is 5.84. The Morgan fingerprint density at radius 2 is 1.71 bits per heavy atom. The van der Waals surface area contributed by atoms with Crippen molar-refractivity contribution < 1.29 is 14.3 Å². The molecule has 0 aliphatic rings. The van der Waals surface area contributed by atoms with Gasteiger partial charge in [0, 0.05) is 5.69 Å². The third-order valence-electron chi connectivity index (χ3n) is 3.33. The van der Waals surface area contributed by atoms with E-state index in [1.165, 1.54) is 0 Å². The standard InChI is InChI=1S/C17H16Cl2N2O3/c1-2-15(24-17(20)23)16(22)21-12-6-3-10(4-7-12)11-5-8-13(18)14(19)9-11/h3-9,15H,2H2,1H3,(H2,20,23)(H,21,22)/t15-/m0/s1. The largest absolute Gasteiger partial charge is 0.436 e. The average Bonchev–Trinajstić information content (AvgIpc) is 2.55. The Hall–Kier alpha value is -2.24. The lowest BCUT2D eigenvalue weighted by Gasteiger charge is -2.14. The fourth-order valence-corrected chi connectivity index (χ4v) is 2.41. The van der Waals surface area contributed by atoms with Gasteiger partial charge in [-0.15, -0.1) is 0 Å². The van der Waals surface area contributed by atoms with Gasteiger partial charge in [-0.2, -0.15) is 0 Å². The van der Waals surface area contributed by atoms with Gasteiger partial charge >= 0.3 is 6.09 Å². The summed E-state index contributed by atoms with van der Waals surface area (Å²) in [4.78, 5) is 22.8. The van der Waals surface area contributed by atoms with Gasteiger partial charge in [-0.05, 0) is 41.8 Å². The van der Waals surface area contributed by atoms with E-state index in [1.807, 2.05) is 18.2 Å². The van der Waals surface area contributed by atoms with Crippen LogP contribution < -0.4 is 11.1 Å². The molecule has 7 heteroatoms. The number of nitrogens with one attached hydrogen (secondary N) is 1. The van der Waals surface area contributed by atoms with E-state index in [4.69, 9.17) is 33.7 Å². The average molecular weight is 367 g/mol. The van der Waals surface area contributed by atoms with Crippen LogP contribution in [0.3, 0.4) is 0 Å². The van der Waals surface area contributed by atoms with Crippen LogP contribution in [0.1, 0.15) is 13.3 Å². The van der Waals surface area contributed by atoms with E-state index in [-0.39, 0.29) is 0 Å². The number of nitrogens with two attached hydrogens (primary N) is 1. The van der Waals surface area contributed by atoms with Gasteiger partial charge in [-0.1, -0.05) is 48.3 Å². The zero-order chi connectivity index (χ0) is 17.7. The summed E-state index contributed by atoms with van der Waals surface area (Å²) in [6.07, 6.45) is -1.57. The number of carbonyl (C=O) groups excluding carboxylic acids is 2. The summed E-state index contributed by atoms with van der Waals surface area (Å²) < 4.78 is 4.75. The first-order valence-electron chi connectivity index (χ1n) is 7.23. The molecule has 0 aromatic heterocycles. The summed E-state index contributed by atoms with van der Waals surface area (Å²) in [6, 6.07) is 12.5. The molecule has 2 aromatic rings. The van der Waals surface area contributed by atoms with Crippen molar-refractivity contribution in [2.45, 2.75) is 19.4 Å². The number of carbonyl (C=O) groups is 2. The second-order valence-electron chi connectivity index (χ2n) is 5.03. The monoisotopic (exact) mass is 366 g/mol. The fourth-order valence-electron chi connectivity index (χ4n) is 2.11. The molecular formula is C17H16Cl2N2O3. The number of benzene rings is 2. The Balaban J connectivity index is 2.10. The Kier molecular flexibility index (Phi) is 6.06. The molecule has 0 unspecified atom stereocenters. The summed E-state index contributed by atoms with van der Waals surface area (Å²) >= 11 is 11.9. The van der Waals surface area contributed by atoms with Crippen molar-refractivity contribution in [3.63, 3.8) is 0 Å². The van der Waals surface area contributed by atoms with E-state index in [9.17, 15) is 9.59 Å². The van der Waals surface area contributed by atoms with Crippen LogP contribution >= 0.6 is 23.2 Å². The Bertz CT molecular complexity index is 748. The van der Waals surface area contributed by atoms with Crippen molar-refractivity contribution in [3.8, 4) is 11.1 Å². The van der Waals surface area contributed by atoms with Gasteiger partial charge in [0.2, 0.25) is 0 Å². The molecule has 2 aromatic carbocycles. The number of ether oxygens (including phenoxy) is 1. The van der Waals surface area contributed by atoms with Crippen LogP contribution in [0.5, 0.6) is 0 Å².